The van der Waals surface area contributed by atoms with Crippen molar-refractivity contribution in [2.75, 3.05) is 51.7 Å². The fraction of sp³-hybridized carbons (Fsp3) is 0.500. The van der Waals surface area contributed by atoms with Crippen LogP contribution in [0.4, 0.5) is 5.69 Å². The molecule has 0 atom stereocenters. The van der Waals surface area contributed by atoms with Gasteiger partial charge >= 0.3 is 11.8 Å². The minimum atomic E-state index is -0.727. The Labute approximate surface area is 146 Å². The average molecular weight is 355 g/mol. The number of nitrogens with one attached hydrogen (secondary N) is 3. The predicted molar refractivity (Wildman–Crippen MR) is 93.7 cm³/mol. The molecule has 8 heteroatoms. The molecule has 1 saturated heterocycles. The van der Waals surface area contributed by atoms with Crippen molar-refractivity contribution >= 4 is 29.1 Å². The number of carbonyl (C=O) groups is 2. The van der Waals surface area contributed by atoms with Crippen LogP contribution in [0.3, 0.4) is 0 Å². The largest absolute Gasteiger partial charge is 0.495 e. The summed E-state index contributed by atoms with van der Waals surface area (Å²) in [5, 5.41) is 8.99. The minimum Gasteiger partial charge on any atom is -0.495 e. The number of piperazine rings is 1. The Morgan fingerprint density at radius 3 is 2.67 bits per heavy atom. The maximum absolute atomic E-state index is 12.0. The van der Waals surface area contributed by atoms with Gasteiger partial charge in [0, 0.05) is 50.4 Å². The standard InChI is InChI=1S/C16H23ClN4O3/c1-11-9-13(14(24-2)10-12(11)17)20-16(23)15(22)19-5-8-21-6-3-18-4-7-21/h9-10,18H,3-8H2,1-2H3,(H,19,22)(H,20,23). The average Bonchev–Trinajstić information content (AvgIpc) is 2.58. The summed E-state index contributed by atoms with van der Waals surface area (Å²) in [6, 6.07) is 3.28. The maximum Gasteiger partial charge on any atom is 0.313 e. The molecule has 1 fully saturated rings. The summed E-state index contributed by atoms with van der Waals surface area (Å²) in [5.41, 5.74) is 1.20. The lowest BCUT2D eigenvalue weighted by molar-refractivity contribution is -0.136. The van der Waals surface area contributed by atoms with Gasteiger partial charge in [0.15, 0.2) is 0 Å². The molecule has 0 bridgehead atoms. The van der Waals surface area contributed by atoms with Crippen molar-refractivity contribution in [2.24, 2.45) is 0 Å². The molecule has 0 unspecified atom stereocenters. The van der Waals surface area contributed by atoms with Gasteiger partial charge in [-0.05, 0) is 18.6 Å². The van der Waals surface area contributed by atoms with Gasteiger partial charge in [0.25, 0.3) is 0 Å². The third-order valence-corrected chi connectivity index (χ3v) is 4.27. The van der Waals surface area contributed by atoms with Crippen LogP contribution in [0.2, 0.25) is 5.02 Å². The van der Waals surface area contributed by atoms with Gasteiger partial charge in [-0.1, -0.05) is 11.6 Å². The summed E-state index contributed by atoms with van der Waals surface area (Å²) < 4.78 is 5.18. The molecule has 2 rings (SSSR count). The van der Waals surface area contributed by atoms with Crippen molar-refractivity contribution in [1.82, 2.24) is 15.5 Å². The van der Waals surface area contributed by atoms with Crippen molar-refractivity contribution in [3.63, 3.8) is 0 Å². The highest BCUT2D eigenvalue weighted by Gasteiger charge is 2.17. The number of amides is 2. The van der Waals surface area contributed by atoms with E-state index in [1.165, 1.54) is 7.11 Å². The normalized spacial score (nSPS) is 15.0. The van der Waals surface area contributed by atoms with E-state index in [-0.39, 0.29) is 0 Å². The molecule has 0 radical (unpaired) electrons. The summed E-state index contributed by atoms with van der Waals surface area (Å²) >= 11 is 6.02. The molecule has 3 N–H and O–H groups in total. The highest BCUT2D eigenvalue weighted by Crippen LogP contribution is 2.30. The second kappa shape index (κ2) is 8.86. The summed E-state index contributed by atoms with van der Waals surface area (Å²) in [6.45, 7) is 6.76. The highest BCUT2D eigenvalue weighted by atomic mass is 35.5. The molecular formula is C16H23ClN4O3. The van der Waals surface area contributed by atoms with Crippen LogP contribution in [0.5, 0.6) is 5.75 Å². The van der Waals surface area contributed by atoms with Gasteiger partial charge in [0.05, 0.1) is 12.8 Å². The fourth-order valence-electron chi connectivity index (χ4n) is 2.45. The first-order valence-corrected chi connectivity index (χ1v) is 8.25. The molecule has 1 aliphatic rings. The molecule has 24 heavy (non-hydrogen) atoms. The van der Waals surface area contributed by atoms with Crippen LogP contribution in [-0.4, -0.2) is 63.1 Å². The zero-order valence-corrected chi connectivity index (χ0v) is 14.7. The van der Waals surface area contributed by atoms with Crippen molar-refractivity contribution < 1.29 is 14.3 Å². The number of aryl methyl sites for hydroxylation is 1. The number of carbonyl (C=O) groups excluding carboxylic acids is 2. The first-order chi connectivity index (χ1) is 11.5. The van der Waals surface area contributed by atoms with E-state index in [1.807, 2.05) is 6.92 Å². The number of methoxy groups -OCH3 is 1. The number of ether oxygens (including phenoxy) is 1. The number of hydrogen-bond acceptors (Lipinski definition) is 5. The Morgan fingerprint density at radius 2 is 2.00 bits per heavy atom. The van der Waals surface area contributed by atoms with Gasteiger partial charge < -0.3 is 20.7 Å². The third-order valence-electron chi connectivity index (χ3n) is 3.86. The Hall–Kier alpha value is -1.83. The van der Waals surface area contributed by atoms with E-state index in [2.05, 4.69) is 20.9 Å². The molecule has 1 aromatic rings. The molecule has 1 aliphatic heterocycles. The van der Waals surface area contributed by atoms with E-state index in [9.17, 15) is 9.59 Å². The van der Waals surface area contributed by atoms with Crippen LogP contribution in [0.15, 0.2) is 12.1 Å². The lowest BCUT2D eigenvalue weighted by atomic mass is 10.2. The molecule has 2 amide bonds. The van der Waals surface area contributed by atoms with E-state index < -0.39 is 11.8 Å². The summed E-state index contributed by atoms with van der Waals surface area (Å²) in [7, 11) is 1.48. The number of halogens is 1. The third kappa shape index (κ3) is 5.09. The van der Waals surface area contributed by atoms with Gasteiger partial charge in [0.2, 0.25) is 0 Å². The number of benzene rings is 1. The van der Waals surface area contributed by atoms with Crippen molar-refractivity contribution in [1.29, 1.82) is 0 Å². The van der Waals surface area contributed by atoms with E-state index in [4.69, 9.17) is 16.3 Å². The first-order valence-electron chi connectivity index (χ1n) is 7.87. The van der Waals surface area contributed by atoms with E-state index in [1.54, 1.807) is 12.1 Å². The fourth-order valence-corrected chi connectivity index (χ4v) is 2.61. The molecule has 7 nitrogen and oxygen atoms in total. The topological polar surface area (TPSA) is 82.7 Å². The van der Waals surface area contributed by atoms with Gasteiger partial charge in [-0.2, -0.15) is 0 Å². The van der Waals surface area contributed by atoms with E-state index in [0.29, 0.717) is 23.0 Å². The molecular weight excluding hydrogens is 332 g/mol. The van der Waals surface area contributed by atoms with E-state index in [0.717, 1.165) is 38.3 Å². The minimum absolute atomic E-state index is 0.410. The molecule has 0 aromatic heterocycles. The second-order valence-corrected chi connectivity index (χ2v) is 6.01. The molecule has 0 aliphatic carbocycles. The SMILES string of the molecule is COc1cc(Cl)c(C)cc1NC(=O)C(=O)NCCN1CCNCC1. The molecule has 0 spiro atoms. The summed E-state index contributed by atoms with van der Waals surface area (Å²) in [5.74, 6) is -0.984. The lowest BCUT2D eigenvalue weighted by Gasteiger charge is -2.26. The van der Waals surface area contributed by atoms with E-state index >= 15 is 0 Å². The summed E-state index contributed by atoms with van der Waals surface area (Å²) in [4.78, 5) is 26.2. The number of anilines is 1. The van der Waals surface area contributed by atoms with Crippen LogP contribution in [-0.2, 0) is 9.59 Å². The molecule has 0 saturated carbocycles. The van der Waals surface area contributed by atoms with Crippen molar-refractivity contribution in [3.05, 3.63) is 22.7 Å². The molecule has 132 valence electrons. The van der Waals surface area contributed by atoms with Crippen LogP contribution in [0.1, 0.15) is 5.56 Å². The maximum atomic E-state index is 12.0. The van der Waals surface area contributed by atoms with Crippen molar-refractivity contribution in [3.8, 4) is 5.75 Å². The van der Waals surface area contributed by atoms with Crippen LogP contribution in [0.25, 0.3) is 0 Å². The number of nitrogens with zero attached hydrogens (tertiary/aromatic N) is 1. The van der Waals surface area contributed by atoms with Crippen LogP contribution in [0, 0.1) is 6.92 Å². The van der Waals surface area contributed by atoms with Gasteiger partial charge in [-0.3, -0.25) is 14.5 Å². The van der Waals surface area contributed by atoms with Crippen LogP contribution < -0.4 is 20.7 Å². The smallest absolute Gasteiger partial charge is 0.313 e. The molecule has 1 aromatic carbocycles. The summed E-state index contributed by atoms with van der Waals surface area (Å²) in [6.07, 6.45) is 0. The van der Waals surface area contributed by atoms with Crippen molar-refractivity contribution in [2.45, 2.75) is 6.92 Å². The predicted octanol–water partition coefficient (Wildman–Crippen LogP) is 0.617. The molecule has 1 heterocycles. The zero-order chi connectivity index (χ0) is 17.5. The Balaban J connectivity index is 1.85. The van der Waals surface area contributed by atoms with Gasteiger partial charge in [0.1, 0.15) is 5.75 Å². The highest BCUT2D eigenvalue weighted by molar-refractivity contribution is 6.40. The zero-order valence-electron chi connectivity index (χ0n) is 13.9. The quantitative estimate of drug-likeness (QED) is 0.675. The first kappa shape index (κ1) is 18.5. The second-order valence-electron chi connectivity index (χ2n) is 5.60. The van der Waals surface area contributed by atoms with Gasteiger partial charge in [-0.15, -0.1) is 0 Å². The number of rotatable bonds is 5. The van der Waals surface area contributed by atoms with Gasteiger partial charge in [-0.25, -0.2) is 0 Å². The monoisotopic (exact) mass is 354 g/mol. The number of hydrogen-bond donors (Lipinski definition) is 3. The van der Waals surface area contributed by atoms with Crippen LogP contribution >= 0.6 is 11.6 Å². The lowest BCUT2D eigenvalue weighted by Crippen LogP contribution is -2.47. The Morgan fingerprint density at radius 1 is 1.29 bits per heavy atom. The Bertz CT molecular complexity index is 603. The Kier molecular flexibility index (Phi) is 6.84.